The van der Waals surface area contributed by atoms with Crippen molar-refractivity contribution in [1.82, 2.24) is 5.32 Å². The number of nitrogens with one attached hydrogen (secondary N) is 2. The highest BCUT2D eigenvalue weighted by atomic mass is 32.2. The Kier molecular flexibility index (Phi) is 7.00. The first-order chi connectivity index (χ1) is 16.5. The van der Waals surface area contributed by atoms with E-state index in [1.807, 2.05) is 37.3 Å². The molecular weight excluding hydrogens is 446 g/mol. The second-order valence-electron chi connectivity index (χ2n) is 7.86. The minimum Gasteiger partial charge on any atom is -0.468 e. The van der Waals surface area contributed by atoms with Crippen molar-refractivity contribution >= 4 is 29.1 Å². The molecule has 0 saturated heterocycles. The van der Waals surface area contributed by atoms with Crippen LogP contribution in [-0.2, 0) is 4.79 Å². The molecule has 1 aromatic heterocycles. The SMILES string of the molecule is CC1=C(C(=O)Nc2ccccc2)[C@H](c2ccco2)C(C#N)=C(SCC(=O)c2ccc(C)cc2)N1. The minimum absolute atomic E-state index is 0.0413. The first-order valence-electron chi connectivity index (χ1n) is 10.7. The molecule has 4 rings (SSSR count). The molecule has 0 saturated carbocycles. The van der Waals surface area contributed by atoms with E-state index in [2.05, 4.69) is 16.7 Å². The van der Waals surface area contributed by atoms with E-state index in [0.717, 1.165) is 5.56 Å². The lowest BCUT2D eigenvalue weighted by Crippen LogP contribution is -2.30. The van der Waals surface area contributed by atoms with Gasteiger partial charge in [-0.15, -0.1) is 0 Å². The number of amides is 1. The summed E-state index contributed by atoms with van der Waals surface area (Å²) in [5.41, 5.74) is 3.67. The van der Waals surface area contributed by atoms with E-state index in [1.54, 1.807) is 43.3 Å². The molecule has 1 amide bonds. The largest absolute Gasteiger partial charge is 0.468 e. The Morgan fingerprint density at radius 3 is 2.44 bits per heavy atom. The van der Waals surface area contributed by atoms with Gasteiger partial charge in [0.1, 0.15) is 5.76 Å². The summed E-state index contributed by atoms with van der Waals surface area (Å²) in [4.78, 5) is 26.0. The lowest BCUT2D eigenvalue weighted by Gasteiger charge is -2.28. The fourth-order valence-electron chi connectivity index (χ4n) is 3.75. The van der Waals surface area contributed by atoms with E-state index in [0.29, 0.717) is 38.9 Å². The van der Waals surface area contributed by atoms with Gasteiger partial charge in [-0.3, -0.25) is 9.59 Å². The number of thioether (sulfide) groups is 1. The number of anilines is 1. The van der Waals surface area contributed by atoms with Gasteiger partial charge in [0, 0.05) is 16.9 Å². The summed E-state index contributed by atoms with van der Waals surface area (Å²) in [5, 5.41) is 16.7. The summed E-state index contributed by atoms with van der Waals surface area (Å²) in [5.74, 6) is -0.425. The molecule has 0 bridgehead atoms. The lowest BCUT2D eigenvalue weighted by atomic mass is 9.85. The Hall–Kier alpha value is -4.02. The molecular formula is C27H23N3O3S. The van der Waals surface area contributed by atoms with Gasteiger partial charge in [0.05, 0.1) is 40.2 Å². The first-order valence-corrected chi connectivity index (χ1v) is 11.7. The first kappa shape index (κ1) is 23.1. The highest BCUT2D eigenvalue weighted by Crippen LogP contribution is 2.41. The monoisotopic (exact) mass is 469 g/mol. The molecule has 1 aliphatic heterocycles. The van der Waals surface area contributed by atoms with Gasteiger partial charge in [0.2, 0.25) is 0 Å². The Balaban J connectivity index is 1.63. The molecule has 0 unspecified atom stereocenters. The number of nitriles is 1. The number of carbonyl (C=O) groups excluding carboxylic acids is 2. The summed E-state index contributed by atoms with van der Waals surface area (Å²) in [7, 11) is 0. The van der Waals surface area contributed by atoms with E-state index >= 15 is 0 Å². The number of para-hydroxylation sites is 1. The molecule has 0 fully saturated rings. The van der Waals surface area contributed by atoms with Crippen LogP contribution >= 0.6 is 11.8 Å². The molecule has 2 heterocycles. The molecule has 7 heteroatoms. The van der Waals surface area contributed by atoms with Crippen molar-refractivity contribution < 1.29 is 14.0 Å². The molecule has 2 aromatic carbocycles. The number of hydrogen-bond donors (Lipinski definition) is 2. The van der Waals surface area contributed by atoms with Crippen molar-refractivity contribution in [1.29, 1.82) is 5.26 Å². The van der Waals surface area contributed by atoms with Crippen molar-refractivity contribution in [2.24, 2.45) is 0 Å². The average molecular weight is 470 g/mol. The van der Waals surface area contributed by atoms with E-state index in [4.69, 9.17) is 4.42 Å². The predicted molar refractivity (Wildman–Crippen MR) is 133 cm³/mol. The third kappa shape index (κ3) is 4.98. The quantitative estimate of drug-likeness (QED) is 0.441. The number of carbonyl (C=O) groups is 2. The Labute approximate surface area is 202 Å². The standard InChI is InChI=1S/C27H23N3O3S/c1-17-10-12-19(13-11-17)22(31)16-34-27-21(15-28)25(23-9-6-14-33-23)24(18(2)29-27)26(32)30-20-7-4-3-5-8-20/h3-14,25,29H,16H2,1-2H3,(H,30,32)/t25-/m0/s1. The maximum Gasteiger partial charge on any atom is 0.254 e. The minimum atomic E-state index is -0.693. The van der Waals surface area contributed by atoms with Gasteiger partial charge in [-0.25, -0.2) is 0 Å². The van der Waals surface area contributed by atoms with Crippen molar-refractivity contribution in [3.05, 3.63) is 112 Å². The highest BCUT2D eigenvalue weighted by Gasteiger charge is 2.36. The van der Waals surface area contributed by atoms with Gasteiger partial charge >= 0.3 is 0 Å². The van der Waals surface area contributed by atoms with Crippen molar-refractivity contribution in [3.8, 4) is 6.07 Å². The number of aryl methyl sites for hydroxylation is 1. The zero-order valence-corrected chi connectivity index (χ0v) is 19.6. The fraction of sp³-hybridized carbons (Fsp3) is 0.148. The normalized spacial score (nSPS) is 15.5. The molecule has 0 spiro atoms. The van der Waals surface area contributed by atoms with Crippen LogP contribution in [-0.4, -0.2) is 17.4 Å². The number of Topliss-reactive ketones (excluding diaryl/α,β-unsaturated/α-hetero) is 1. The number of furan rings is 1. The van der Waals surface area contributed by atoms with E-state index < -0.39 is 5.92 Å². The van der Waals surface area contributed by atoms with Gasteiger partial charge in [-0.1, -0.05) is 59.8 Å². The molecule has 0 radical (unpaired) electrons. The van der Waals surface area contributed by atoms with E-state index in [9.17, 15) is 14.9 Å². The highest BCUT2D eigenvalue weighted by molar-refractivity contribution is 8.03. The van der Waals surface area contributed by atoms with Crippen LogP contribution in [0, 0.1) is 18.3 Å². The Morgan fingerprint density at radius 2 is 1.79 bits per heavy atom. The Morgan fingerprint density at radius 1 is 1.06 bits per heavy atom. The third-order valence-corrected chi connectivity index (χ3v) is 6.49. The van der Waals surface area contributed by atoms with Gasteiger partial charge in [-0.05, 0) is 38.1 Å². The van der Waals surface area contributed by atoms with Gasteiger partial charge in [-0.2, -0.15) is 5.26 Å². The van der Waals surface area contributed by atoms with Crippen LogP contribution in [0.5, 0.6) is 0 Å². The smallest absolute Gasteiger partial charge is 0.254 e. The molecule has 34 heavy (non-hydrogen) atoms. The number of nitrogens with zero attached hydrogens (tertiary/aromatic N) is 1. The summed E-state index contributed by atoms with van der Waals surface area (Å²) < 4.78 is 5.64. The van der Waals surface area contributed by atoms with Crippen LogP contribution in [0.1, 0.15) is 34.5 Å². The predicted octanol–water partition coefficient (Wildman–Crippen LogP) is 5.54. The zero-order valence-electron chi connectivity index (χ0n) is 18.8. The summed E-state index contributed by atoms with van der Waals surface area (Å²) in [6.45, 7) is 3.75. The average Bonchev–Trinajstić information content (AvgIpc) is 3.37. The molecule has 2 N–H and O–H groups in total. The van der Waals surface area contributed by atoms with Crippen LogP contribution in [0.3, 0.4) is 0 Å². The molecule has 1 atom stereocenters. The van der Waals surface area contributed by atoms with Crippen molar-refractivity contribution in [2.75, 3.05) is 11.1 Å². The summed E-state index contributed by atoms with van der Waals surface area (Å²) >= 11 is 1.25. The van der Waals surface area contributed by atoms with Gasteiger partial charge < -0.3 is 15.1 Å². The molecule has 0 aliphatic carbocycles. The van der Waals surface area contributed by atoms with E-state index in [1.165, 1.54) is 18.0 Å². The number of benzene rings is 2. The Bertz CT molecular complexity index is 1300. The summed E-state index contributed by atoms with van der Waals surface area (Å²) in [6, 6.07) is 22.2. The molecule has 1 aliphatic rings. The van der Waals surface area contributed by atoms with Crippen molar-refractivity contribution in [3.63, 3.8) is 0 Å². The fourth-order valence-corrected chi connectivity index (χ4v) is 4.73. The maximum atomic E-state index is 13.3. The third-order valence-electron chi connectivity index (χ3n) is 5.47. The lowest BCUT2D eigenvalue weighted by molar-refractivity contribution is -0.113. The number of dihydropyridines is 1. The number of rotatable bonds is 7. The topological polar surface area (TPSA) is 95.1 Å². The van der Waals surface area contributed by atoms with Crippen LogP contribution in [0.25, 0.3) is 0 Å². The molecule has 6 nitrogen and oxygen atoms in total. The van der Waals surface area contributed by atoms with Gasteiger partial charge in [0.25, 0.3) is 5.91 Å². The van der Waals surface area contributed by atoms with E-state index in [-0.39, 0.29) is 17.4 Å². The van der Waals surface area contributed by atoms with Crippen LogP contribution in [0.4, 0.5) is 5.69 Å². The maximum absolute atomic E-state index is 13.3. The number of allylic oxidation sites excluding steroid dienone is 2. The second-order valence-corrected chi connectivity index (χ2v) is 8.85. The zero-order chi connectivity index (χ0) is 24.1. The molecule has 170 valence electrons. The van der Waals surface area contributed by atoms with Crippen LogP contribution in [0.15, 0.2) is 99.3 Å². The second kappa shape index (κ2) is 10.3. The molecule has 3 aromatic rings. The number of ketones is 1. The van der Waals surface area contributed by atoms with Gasteiger partial charge in [0.15, 0.2) is 5.78 Å². The number of hydrogen-bond acceptors (Lipinski definition) is 6. The van der Waals surface area contributed by atoms with Crippen LogP contribution < -0.4 is 10.6 Å². The summed E-state index contributed by atoms with van der Waals surface area (Å²) in [6.07, 6.45) is 1.52. The van der Waals surface area contributed by atoms with Crippen molar-refractivity contribution in [2.45, 2.75) is 19.8 Å². The van der Waals surface area contributed by atoms with Crippen LogP contribution in [0.2, 0.25) is 0 Å².